The number of halogens is 2. The third-order valence-corrected chi connectivity index (χ3v) is 7.77. The number of carbonyl (C=O) groups is 1. The van der Waals surface area contributed by atoms with Crippen molar-refractivity contribution >= 4 is 40.9 Å². The van der Waals surface area contributed by atoms with Crippen molar-refractivity contribution in [2.24, 2.45) is 11.7 Å². The van der Waals surface area contributed by atoms with Crippen LogP contribution in [0.3, 0.4) is 0 Å². The summed E-state index contributed by atoms with van der Waals surface area (Å²) in [5, 5.41) is 3.63. The average Bonchev–Trinajstić information content (AvgIpc) is 2.85. The van der Waals surface area contributed by atoms with Crippen LogP contribution in [-0.4, -0.2) is 60.5 Å². The summed E-state index contributed by atoms with van der Waals surface area (Å²) < 4.78 is 0. The number of primary amides is 1. The lowest BCUT2D eigenvalue weighted by molar-refractivity contribution is 0.0998. The van der Waals surface area contributed by atoms with Crippen LogP contribution in [-0.2, 0) is 0 Å². The lowest BCUT2D eigenvalue weighted by Crippen LogP contribution is -2.47. The first-order chi connectivity index (χ1) is 16.0. The summed E-state index contributed by atoms with van der Waals surface area (Å²) >= 11 is 12.5. The standard InChI is InChI=1S/C24H32Cl2N6O/c1-28-24-29-21(26)20(25)23(30-24)32-14-12-31(13-15-32)11-10-16-6-8-17(9-7-16)18-4-2-3-5-19(18)22(27)33/h2-5,16-17H,6-15H2,1H3,(H2,27,33)(H,28,29,30). The fraction of sp³-hybridized carbons (Fsp3) is 0.542. The highest BCUT2D eigenvalue weighted by Crippen LogP contribution is 2.38. The van der Waals surface area contributed by atoms with E-state index in [4.69, 9.17) is 28.9 Å². The number of nitrogens with two attached hydrogens (primary N) is 1. The van der Waals surface area contributed by atoms with Crippen molar-refractivity contribution < 1.29 is 4.79 Å². The van der Waals surface area contributed by atoms with Crippen LogP contribution in [0.4, 0.5) is 11.8 Å². The van der Waals surface area contributed by atoms with E-state index >= 15 is 0 Å². The SMILES string of the molecule is CNc1nc(Cl)c(Cl)c(N2CCN(CCC3CCC(c4ccccc4C(N)=O)CC3)CC2)n1. The normalized spacial score (nSPS) is 21.7. The molecule has 1 aliphatic heterocycles. The minimum atomic E-state index is -0.320. The van der Waals surface area contributed by atoms with Crippen LogP contribution in [0, 0.1) is 5.92 Å². The Morgan fingerprint density at radius 3 is 2.45 bits per heavy atom. The molecule has 178 valence electrons. The predicted octanol–water partition coefficient (Wildman–Crippen LogP) is 4.41. The number of hydrogen-bond donors (Lipinski definition) is 2. The van der Waals surface area contributed by atoms with Crippen LogP contribution in [0.15, 0.2) is 24.3 Å². The fourth-order valence-electron chi connectivity index (χ4n) is 5.12. The van der Waals surface area contributed by atoms with Gasteiger partial charge in [0.1, 0.15) is 5.02 Å². The maximum atomic E-state index is 11.8. The minimum absolute atomic E-state index is 0.280. The minimum Gasteiger partial charge on any atom is -0.366 e. The molecular formula is C24H32Cl2N6O. The van der Waals surface area contributed by atoms with Crippen LogP contribution < -0.4 is 16.0 Å². The number of piperazine rings is 1. The van der Waals surface area contributed by atoms with Gasteiger partial charge in [0, 0.05) is 38.8 Å². The van der Waals surface area contributed by atoms with E-state index in [2.05, 4.69) is 31.2 Å². The Morgan fingerprint density at radius 2 is 1.79 bits per heavy atom. The lowest BCUT2D eigenvalue weighted by atomic mass is 9.76. The van der Waals surface area contributed by atoms with E-state index in [0.717, 1.165) is 57.0 Å². The van der Waals surface area contributed by atoms with Crippen molar-refractivity contribution in [2.45, 2.75) is 38.0 Å². The van der Waals surface area contributed by atoms with Crippen molar-refractivity contribution in [3.63, 3.8) is 0 Å². The number of hydrogen-bond acceptors (Lipinski definition) is 6. The second-order valence-electron chi connectivity index (χ2n) is 9.01. The maximum absolute atomic E-state index is 11.8. The second-order valence-corrected chi connectivity index (χ2v) is 9.75. The Balaban J connectivity index is 1.24. The zero-order valence-electron chi connectivity index (χ0n) is 19.1. The molecule has 33 heavy (non-hydrogen) atoms. The van der Waals surface area contributed by atoms with E-state index in [1.807, 2.05) is 18.2 Å². The van der Waals surface area contributed by atoms with Gasteiger partial charge in [-0.2, -0.15) is 9.97 Å². The summed E-state index contributed by atoms with van der Waals surface area (Å²) in [4.78, 5) is 25.1. The van der Waals surface area contributed by atoms with E-state index in [-0.39, 0.29) is 11.1 Å². The number of amides is 1. The smallest absolute Gasteiger partial charge is 0.248 e. The highest BCUT2D eigenvalue weighted by atomic mass is 35.5. The molecule has 2 fully saturated rings. The van der Waals surface area contributed by atoms with E-state index in [0.29, 0.717) is 28.3 Å². The second kappa shape index (κ2) is 10.9. The summed E-state index contributed by atoms with van der Waals surface area (Å²) in [6.07, 6.45) is 5.89. The van der Waals surface area contributed by atoms with Gasteiger partial charge in [0.15, 0.2) is 11.0 Å². The molecule has 3 N–H and O–H groups in total. The molecule has 2 aromatic rings. The molecule has 1 aliphatic carbocycles. The highest BCUT2D eigenvalue weighted by Gasteiger charge is 2.27. The summed E-state index contributed by atoms with van der Waals surface area (Å²) in [5.74, 6) is 2.06. The van der Waals surface area contributed by atoms with Gasteiger partial charge in [-0.15, -0.1) is 0 Å². The molecule has 1 saturated carbocycles. The molecule has 2 heterocycles. The molecule has 9 heteroatoms. The number of nitrogens with zero attached hydrogens (tertiary/aromatic N) is 4. The maximum Gasteiger partial charge on any atom is 0.248 e. The van der Waals surface area contributed by atoms with Crippen molar-refractivity contribution in [3.05, 3.63) is 45.6 Å². The largest absolute Gasteiger partial charge is 0.366 e. The summed E-state index contributed by atoms with van der Waals surface area (Å²) in [5.41, 5.74) is 7.40. The summed E-state index contributed by atoms with van der Waals surface area (Å²) in [6.45, 7) is 4.81. The fourth-order valence-corrected chi connectivity index (χ4v) is 5.49. The molecule has 1 aromatic heterocycles. The monoisotopic (exact) mass is 490 g/mol. The van der Waals surface area contributed by atoms with Gasteiger partial charge in [-0.25, -0.2) is 0 Å². The van der Waals surface area contributed by atoms with Crippen molar-refractivity contribution in [2.75, 3.05) is 50.0 Å². The lowest BCUT2D eigenvalue weighted by Gasteiger charge is -2.37. The molecule has 0 spiro atoms. The van der Waals surface area contributed by atoms with Gasteiger partial charge in [-0.3, -0.25) is 9.69 Å². The molecule has 0 bridgehead atoms. The topological polar surface area (TPSA) is 87.4 Å². The zero-order chi connectivity index (χ0) is 23.4. The molecule has 0 radical (unpaired) electrons. The van der Waals surface area contributed by atoms with Gasteiger partial charge in [-0.05, 0) is 62.1 Å². The van der Waals surface area contributed by atoms with Gasteiger partial charge in [0.05, 0.1) is 0 Å². The summed E-state index contributed by atoms with van der Waals surface area (Å²) in [7, 11) is 1.77. The molecule has 1 aromatic carbocycles. The Bertz CT molecular complexity index is 971. The molecule has 7 nitrogen and oxygen atoms in total. The molecular weight excluding hydrogens is 459 g/mol. The Morgan fingerprint density at radius 1 is 1.09 bits per heavy atom. The first kappa shape index (κ1) is 24.0. The van der Waals surface area contributed by atoms with Crippen LogP contribution in [0.5, 0.6) is 0 Å². The molecule has 0 unspecified atom stereocenters. The van der Waals surface area contributed by atoms with E-state index in [1.165, 1.54) is 19.3 Å². The zero-order valence-corrected chi connectivity index (χ0v) is 20.6. The average molecular weight is 491 g/mol. The number of anilines is 2. The van der Waals surface area contributed by atoms with Gasteiger partial charge in [-0.1, -0.05) is 41.4 Å². The van der Waals surface area contributed by atoms with Gasteiger partial charge in [0.25, 0.3) is 0 Å². The van der Waals surface area contributed by atoms with Crippen molar-refractivity contribution in [3.8, 4) is 0 Å². The van der Waals surface area contributed by atoms with Gasteiger partial charge < -0.3 is 16.0 Å². The molecule has 1 amide bonds. The molecule has 2 aliphatic rings. The molecule has 4 rings (SSSR count). The first-order valence-corrected chi connectivity index (χ1v) is 12.5. The van der Waals surface area contributed by atoms with E-state index in [9.17, 15) is 4.79 Å². The Labute approximate surface area is 205 Å². The molecule has 1 saturated heterocycles. The molecule has 0 atom stereocenters. The van der Waals surface area contributed by atoms with Gasteiger partial charge >= 0.3 is 0 Å². The van der Waals surface area contributed by atoms with E-state index in [1.54, 1.807) is 7.05 Å². The number of aromatic nitrogens is 2. The number of nitrogens with one attached hydrogen (secondary N) is 1. The number of rotatable bonds is 7. The Kier molecular flexibility index (Phi) is 7.94. The number of benzene rings is 1. The van der Waals surface area contributed by atoms with Crippen molar-refractivity contribution in [1.82, 2.24) is 14.9 Å². The van der Waals surface area contributed by atoms with Crippen molar-refractivity contribution in [1.29, 1.82) is 0 Å². The first-order valence-electron chi connectivity index (χ1n) is 11.7. The number of carbonyl (C=O) groups excluding carboxylic acids is 1. The highest BCUT2D eigenvalue weighted by molar-refractivity contribution is 6.42. The van der Waals surface area contributed by atoms with Gasteiger partial charge in [0.2, 0.25) is 11.9 Å². The Hall–Kier alpha value is -2.09. The third-order valence-electron chi connectivity index (χ3n) is 7.06. The van der Waals surface area contributed by atoms with Crippen LogP contribution in [0.1, 0.15) is 53.9 Å². The van der Waals surface area contributed by atoms with E-state index < -0.39 is 0 Å². The quantitative estimate of drug-likeness (QED) is 0.558. The predicted molar refractivity (Wildman–Crippen MR) is 135 cm³/mol. The third kappa shape index (κ3) is 5.70. The van der Waals surface area contributed by atoms with Crippen LogP contribution in [0.2, 0.25) is 10.2 Å². The summed E-state index contributed by atoms with van der Waals surface area (Å²) in [6, 6.07) is 7.82. The van der Waals surface area contributed by atoms with Crippen LogP contribution >= 0.6 is 23.2 Å². The van der Waals surface area contributed by atoms with Crippen LogP contribution in [0.25, 0.3) is 0 Å².